The summed E-state index contributed by atoms with van der Waals surface area (Å²) in [5.41, 5.74) is 5.40. The highest BCUT2D eigenvalue weighted by molar-refractivity contribution is 7.09. The predicted molar refractivity (Wildman–Crippen MR) is 54.0 cm³/mol. The Labute approximate surface area is 81.1 Å². The van der Waals surface area contributed by atoms with E-state index in [9.17, 15) is 0 Å². The van der Waals surface area contributed by atoms with Gasteiger partial charge in [0.1, 0.15) is 0 Å². The Morgan fingerprint density at radius 1 is 1.85 bits per heavy atom. The third-order valence-corrected chi connectivity index (χ3v) is 2.60. The first-order valence-corrected chi connectivity index (χ1v) is 4.85. The van der Waals surface area contributed by atoms with Crippen LogP contribution in [0.5, 0.6) is 0 Å². The molecular weight excluding hydrogens is 186 g/mol. The zero-order valence-corrected chi connectivity index (χ0v) is 8.21. The van der Waals surface area contributed by atoms with Crippen molar-refractivity contribution in [3.05, 3.63) is 22.4 Å². The number of nitrogens with two attached hydrogens (primary N) is 1. The van der Waals surface area contributed by atoms with E-state index >= 15 is 0 Å². The van der Waals surface area contributed by atoms with Gasteiger partial charge in [0, 0.05) is 11.4 Å². The molecule has 0 aliphatic heterocycles. The molecule has 0 aromatic carbocycles. The van der Waals surface area contributed by atoms with Crippen molar-refractivity contribution in [3.63, 3.8) is 0 Å². The first-order valence-electron chi connectivity index (χ1n) is 3.97. The summed E-state index contributed by atoms with van der Waals surface area (Å²) >= 11 is 1.68. The molecule has 0 bridgehead atoms. The van der Waals surface area contributed by atoms with Crippen molar-refractivity contribution in [2.45, 2.75) is 19.5 Å². The first kappa shape index (κ1) is 10.0. The molecule has 1 aromatic heterocycles. The van der Waals surface area contributed by atoms with E-state index in [-0.39, 0.29) is 11.9 Å². The van der Waals surface area contributed by atoms with E-state index in [0.717, 1.165) is 6.54 Å². The molecule has 1 atom stereocenters. The Morgan fingerprint density at radius 2 is 2.62 bits per heavy atom. The lowest BCUT2D eigenvalue weighted by molar-refractivity contribution is 0.315. The number of nitrogens with zero attached hydrogens (tertiary/aromatic N) is 1. The minimum atomic E-state index is -0.105. The minimum absolute atomic E-state index is 0.105. The van der Waals surface area contributed by atoms with E-state index in [0.29, 0.717) is 0 Å². The second kappa shape index (κ2) is 4.84. The number of thiophene rings is 1. The lowest BCUT2D eigenvalue weighted by Gasteiger charge is -2.10. The quantitative estimate of drug-likeness (QED) is 0.293. The number of hydrogen-bond acceptors (Lipinski definition) is 4. The molecule has 5 heteroatoms. The fourth-order valence-electron chi connectivity index (χ4n) is 0.858. The molecule has 0 fully saturated rings. The molecule has 13 heavy (non-hydrogen) atoms. The first-order chi connectivity index (χ1) is 6.24. The lowest BCUT2D eigenvalue weighted by atomic mass is 10.3. The number of hydrogen-bond donors (Lipinski definition) is 3. The highest BCUT2D eigenvalue weighted by Gasteiger charge is 2.05. The van der Waals surface area contributed by atoms with Crippen molar-refractivity contribution >= 4 is 17.2 Å². The predicted octanol–water partition coefficient (Wildman–Crippen LogP) is 0.973. The summed E-state index contributed by atoms with van der Waals surface area (Å²) in [6.07, 6.45) is 0. The number of amidine groups is 1. The van der Waals surface area contributed by atoms with Crippen LogP contribution in [0.15, 0.2) is 22.7 Å². The van der Waals surface area contributed by atoms with Gasteiger partial charge in [-0.25, -0.2) is 0 Å². The summed E-state index contributed by atoms with van der Waals surface area (Å²) in [5, 5.41) is 16.5. The van der Waals surface area contributed by atoms with Crippen LogP contribution in [0.4, 0.5) is 0 Å². The maximum absolute atomic E-state index is 8.39. The summed E-state index contributed by atoms with van der Waals surface area (Å²) in [6.45, 7) is 2.59. The van der Waals surface area contributed by atoms with Gasteiger partial charge in [0.2, 0.25) is 0 Å². The van der Waals surface area contributed by atoms with Crippen LogP contribution < -0.4 is 11.1 Å². The van der Waals surface area contributed by atoms with Crippen LogP contribution >= 0.6 is 11.3 Å². The standard InChI is InChI=1S/C8H13N3OS/c1-6(8(9)11-12)10-5-7-3-2-4-13-7/h2-4,6,10,12H,5H2,1H3,(H2,9,11). The molecule has 1 aromatic rings. The van der Waals surface area contributed by atoms with Crippen LogP contribution in [0.1, 0.15) is 11.8 Å². The molecule has 4 N–H and O–H groups in total. The fraction of sp³-hybridized carbons (Fsp3) is 0.375. The van der Waals surface area contributed by atoms with E-state index in [1.807, 2.05) is 24.4 Å². The molecule has 1 unspecified atom stereocenters. The van der Waals surface area contributed by atoms with Crippen LogP contribution in [-0.4, -0.2) is 17.1 Å². The third kappa shape index (κ3) is 3.04. The van der Waals surface area contributed by atoms with Gasteiger partial charge in [-0.05, 0) is 18.4 Å². The molecule has 0 aliphatic carbocycles. The third-order valence-electron chi connectivity index (χ3n) is 1.72. The summed E-state index contributed by atoms with van der Waals surface area (Å²) in [4.78, 5) is 1.23. The SMILES string of the molecule is CC(NCc1cccs1)C(N)=NO. The van der Waals surface area contributed by atoms with Crippen LogP contribution in [0.2, 0.25) is 0 Å². The Bertz CT molecular complexity index is 271. The second-order valence-electron chi connectivity index (χ2n) is 2.71. The summed E-state index contributed by atoms with van der Waals surface area (Å²) in [6, 6.07) is 3.93. The molecule has 0 aliphatic rings. The van der Waals surface area contributed by atoms with Crippen molar-refractivity contribution in [2.24, 2.45) is 10.9 Å². The van der Waals surface area contributed by atoms with E-state index in [1.54, 1.807) is 11.3 Å². The number of nitrogens with one attached hydrogen (secondary N) is 1. The number of rotatable bonds is 4. The maximum Gasteiger partial charge on any atom is 0.156 e. The van der Waals surface area contributed by atoms with Crippen LogP contribution in [0.3, 0.4) is 0 Å². The fourth-order valence-corrected chi connectivity index (χ4v) is 1.51. The summed E-state index contributed by atoms with van der Waals surface area (Å²) < 4.78 is 0. The van der Waals surface area contributed by atoms with Crippen LogP contribution in [-0.2, 0) is 6.54 Å². The van der Waals surface area contributed by atoms with Crippen molar-refractivity contribution < 1.29 is 5.21 Å². The molecular formula is C8H13N3OS. The Kier molecular flexibility index (Phi) is 3.72. The van der Waals surface area contributed by atoms with Gasteiger partial charge in [0.15, 0.2) is 5.84 Å². The minimum Gasteiger partial charge on any atom is -0.409 e. The van der Waals surface area contributed by atoms with Gasteiger partial charge in [0.05, 0.1) is 6.04 Å². The van der Waals surface area contributed by atoms with E-state index in [1.165, 1.54) is 4.88 Å². The molecule has 0 spiro atoms. The van der Waals surface area contributed by atoms with E-state index < -0.39 is 0 Å². The molecule has 0 amide bonds. The monoisotopic (exact) mass is 199 g/mol. The van der Waals surface area contributed by atoms with Gasteiger partial charge in [-0.15, -0.1) is 11.3 Å². The average molecular weight is 199 g/mol. The molecule has 4 nitrogen and oxygen atoms in total. The largest absolute Gasteiger partial charge is 0.409 e. The maximum atomic E-state index is 8.39. The molecule has 1 rings (SSSR count). The van der Waals surface area contributed by atoms with Crippen molar-refractivity contribution in [1.29, 1.82) is 0 Å². The summed E-state index contributed by atoms with van der Waals surface area (Å²) in [7, 11) is 0. The highest BCUT2D eigenvalue weighted by atomic mass is 32.1. The molecule has 0 saturated carbocycles. The molecule has 0 saturated heterocycles. The zero-order chi connectivity index (χ0) is 9.68. The van der Waals surface area contributed by atoms with Crippen molar-refractivity contribution in [2.75, 3.05) is 0 Å². The normalized spacial score (nSPS) is 14.4. The summed E-state index contributed by atoms with van der Waals surface area (Å²) in [5.74, 6) is 0.205. The Morgan fingerprint density at radius 3 is 3.15 bits per heavy atom. The Balaban J connectivity index is 2.35. The van der Waals surface area contributed by atoms with Crippen LogP contribution in [0, 0.1) is 0 Å². The lowest BCUT2D eigenvalue weighted by Crippen LogP contribution is -2.38. The van der Waals surface area contributed by atoms with Gasteiger partial charge < -0.3 is 16.3 Å². The van der Waals surface area contributed by atoms with Gasteiger partial charge in [-0.2, -0.15) is 0 Å². The van der Waals surface area contributed by atoms with Gasteiger partial charge >= 0.3 is 0 Å². The van der Waals surface area contributed by atoms with Crippen LogP contribution in [0.25, 0.3) is 0 Å². The van der Waals surface area contributed by atoms with Crippen molar-refractivity contribution in [1.82, 2.24) is 5.32 Å². The zero-order valence-electron chi connectivity index (χ0n) is 7.40. The van der Waals surface area contributed by atoms with Gasteiger partial charge in [-0.3, -0.25) is 0 Å². The average Bonchev–Trinajstić information content (AvgIpc) is 2.65. The molecule has 0 radical (unpaired) electrons. The van der Waals surface area contributed by atoms with E-state index in [4.69, 9.17) is 10.9 Å². The highest BCUT2D eigenvalue weighted by Crippen LogP contribution is 2.07. The second-order valence-corrected chi connectivity index (χ2v) is 3.74. The van der Waals surface area contributed by atoms with E-state index in [2.05, 4.69) is 10.5 Å². The van der Waals surface area contributed by atoms with Gasteiger partial charge in [-0.1, -0.05) is 11.2 Å². The smallest absolute Gasteiger partial charge is 0.156 e. The number of oxime groups is 1. The Hall–Kier alpha value is -1.07. The molecule has 72 valence electrons. The molecule has 1 heterocycles. The van der Waals surface area contributed by atoms with Crippen molar-refractivity contribution in [3.8, 4) is 0 Å². The van der Waals surface area contributed by atoms with Gasteiger partial charge in [0.25, 0.3) is 0 Å². The topological polar surface area (TPSA) is 70.6 Å².